The van der Waals surface area contributed by atoms with Crippen molar-refractivity contribution in [1.82, 2.24) is 15.6 Å². The summed E-state index contributed by atoms with van der Waals surface area (Å²) in [6, 6.07) is 13.1. The zero-order valence-corrected chi connectivity index (χ0v) is 14.5. The molecule has 1 heterocycles. The first-order chi connectivity index (χ1) is 12.4. The van der Waals surface area contributed by atoms with Crippen LogP contribution < -0.4 is 15.4 Å². The number of halogens is 3. The topological polar surface area (TPSA) is 58.5 Å². The van der Waals surface area contributed by atoms with Crippen molar-refractivity contribution in [1.29, 1.82) is 0 Å². The van der Waals surface area contributed by atoms with E-state index >= 15 is 0 Å². The monoisotopic (exact) mass is 366 g/mol. The first kappa shape index (κ1) is 19.6. The Hall–Kier alpha value is -2.77. The highest BCUT2D eigenvalue weighted by molar-refractivity contribution is 5.80. The molecule has 26 heavy (non-hydrogen) atoms. The van der Waals surface area contributed by atoms with Crippen LogP contribution in [-0.2, 0) is 6.54 Å². The first-order valence-electron chi connectivity index (χ1n) is 8.04. The maximum atomic E-state index is 12.2. The van der Waals surface area contributed by atoms with E-state index in [9.17, 15) is 13.2 Å². The number of ether oxygens (including phenoxy) is 1. The summed E-state index contributed by atoms with van der Waals surface area (Å²) >= 11 is 0. The standard InChI is InChI=1S/C18H21F3N4O/c1-13(15-6-4-3-5-7-15)25-17(22-2)24-11-14-8-9-23-16(10-14)26-12-18(19,20)21/h3-10,13H,11-12H2,1-2H3,(H2,22,24,25). The van der Waals surface area contributed by atoms with E-state index in [1.54, 1.807) is 13.1 Å². The molecule has 0 amide bonds. The molecule has 0 fully saturated rings. The molecule has 2 rings (SSSR count). The van der Waals surface area contributed by atoms with Crippen LogP contribution in [0.3, 0.4) is 0 Å². The van der Waals surface area contributed by atoms with Gasteiger partial charge >= 0.3 is 6.18 Å². The lowest BCUT2D eigenvalue weighted by atomic mass is 10.1. The Balaban J connectivity index is 1.90. The number of benzene rings is 1. The van der Waals surface area contributed by atoms with Crippen molar-refractivity contribution in [3.05, 3.63) is 59.8 Å². The molecule has 0 saturated heterocycles. The molecule has 1 atom stereocenters. The van der Waals surface area contributed by atoms with Crippen LogP contribution >= 0.6 is 0 Å². The van der Waals surface area contributed by atoms with Gasteiger partial charge in [-0.25, -0.2) is 4.98 Å². The van der Waals surface area contributed by atoms with Gasteiger partial charge in [0.1, 0.15) is 0 Å². The largest absolute Gasteiger partial charge is 0.468 e. The molecular weight excluding hydrogens is 345 g/mol. The van der Waals surface area contributed by atoms with Crippen molar-refractivity contribution in [2.75, 3.05) is 13.7 Å². The van der Waals surface area contributed by atoms with Gasteiger partial charge in [0, 0.05) is 25.9 Å². The second-order valence-corrected chi connectivity index (χ2v) is 5.61. The molecule has 8 heteroatoms. The number of alkyl halides is 3. The number of guanidine groups is 1. The highest BCUT2D eigenvalue weighted by Crippen LogP contribution is 2.17. The van der Waals surface area contributed by atoms with Crippen molar-refractivity contribution in [3.63, 3.8) is 0 Å². The lowest BCUT2D eigenvalue weighted by molar-refractivity contribution is -0.154. The van der Waals surface area contributed by atoms with Crippen molar-refractivity contribution >= 4 is 5.96 Å². The summed E-state index contributed by atoms with van der Waals surface area (Å²) in [4.78, 5) is 7.94. The van der Waals surface area contributed by atoms with E-state index in [-0.39, 0.29) is 11.9 Å². The Bertz CT molecular complexity index is 720. The number of pyridine rings is 1. The average Bonchev–Trinajstić information content (AvgIpc) is 2.64. The summed E-state index contributed by atoms with van der Waals surface area (Å²) in [6.45, 7) is 1.01. The van der Waals surface area contributed by atoms with Gasteiger partial charge in [0.2, 0.25) is 5.88 Å². The molecule has 0 aliphatic heterocycles. The number of nitrogens with zero attached hydrogens (tertiary/aromatic N) is 2. The average molecular weight is 366 g/mol. The van der Waals surface area contributed by atoms with Crippen LogP contribution in [0.2, 0.25) is 0 Å². The van der Waals surface area contributed by atoms with Gasteiger partial charge < -0.3 is 15.4 Å². The minimum absolute atomic E-state index is 0.0468. The molecule has 5 nitrogen and oxygen atoms in total. The highest BCUT2D eigenvalue weighted by Gasteiger charge is 2.28. The summed E-state index contributed by atoms with van der Waals surface area (Å²) in [5.74, 6) is 0.512. The lowest BCUT2D eigenvalue weighted by Crippen LogP contribution is -2.38. The van der Waals surface area contributed by atoms with Gasteiger partial charge in [0.05, 0.1) is 6.04 Å². The van der Waals surface area contributed by atoms with Gasteiger partial charge in [0.25, 0.3) is 0 Å². The zero-order chi connectivity index (χ0) is 19.0. The van der Waals surface area contributed by atoms with E-state index in [0.717, 1.165) is 11.1 Å². The van der Waals surface area contributed by atoms with Gasteiger partial charge in [0.15, 0.2) is 12.6 Å². The lowest BCUT2D eigenvalue weighted by Gasteiger charge is -2.18. The maximum absolute atomic E-state index is 12.2. The maximum Gasteiger partial charge on any atom is 0.422 e. The molecule has 0 saturated carbocycles. The smallest absolute Gasteiger partial charge is 0.422 e. The van der Waals surface area contributed by atoms with Crippen molar-refractivity contribution in [2.24, 2.45) is 4.99 Å². The van der Waals surface area contributed by atoms with Gasteiger partial charge in [-0.15, -0.1) is 0 Å². The third kappa shape index (κ3) is 6.62. The number of aliphatic imine (C=N–C) groups is 1. The molecule has 1 unspecified atom stereocenters. The van der Waals surface area contributed by atoms with Gasteiger partial charge in [-0.2, -0.15) is 13.2 Å². The van der Waals surface area contributed by atoms with Crippen molar-refractivity contribution < 1.29 is 17.9 Å². The summed E-state index contributed by atoms with van der Waals surface area (Å²) in [5, 5.41) is 6.38. The number of aromatic nitrogens is 1. The highest BCUT2D eigenvalue weighted by atomic mass is 19.4. The molecule has 1 aromatic heterocycles. The Morgan fingerprint density at radius 1 is 1.23 bits per heavy atom. The van der Waals surface area contributed by atoms with E-state index in [1.807, 2.05) is 37.3 Å². The number of hydrogen-bond acceptors (Lipinski definition) is 3. The van der Waals surface area contributed by atoms with Crippen LogP contribution in [0.1, 0.15) is 24.1 Å². The summed E-state index contributed by atoms with van der Waals surface area (Å²) in [5.41, 5.74) is 1.84. The second-order valence-electron chi connectivity index (χ2n) is 5.61. The fourth-order valence-corrected chi connectivity index (χ4v) is 2.21. The molecule has 2 aromatic rings. The molecule has 1 aromatic carbocycles. The third-order valence-corrected chi connectivity index (χ3v) is 3.52. The normalized spacial score (nSPS) is 13.2. The molecule has 0 radical (unpaired) electrons. The molecule has 0 aliphatic rings. The van der Waals surface area contributed by atoms with Gasteiger partial charge in [-0.3, -0.25) is 4.99 Å². The van der Waals surface area contributed by atoms with Crippen LogP contribution in [0.15, 0.2) is 53.7 Å². The van der Waals surface area contributed by atoms with Crippen LogP contribution in [0.25, 0.3) is 0 Å². The minimum atomic E-state index is -4.39. The van der Waals surface area contributed by atoms with Crippen LogP contribution in [0, 0.1) is 0 Å². The molecular formula is C18H21F3N4O. The zero-order valence-electron chi connectivity index (χ0n) is 14.5. The Morgan fingerprint density at radius 2 is 1.96 bits per heavy atom. The van der Waals surface area contributed by atoms with E-state index in [0.29, 0.717) is 12.5 Å². The van der Waals surface area contributed by atoms with Crippen molar-refractivity contribution in [2.45, 2.75) is 25.7 Å². The van der Waals surface area contributed by atoms with Crippen LogP contribution in [0.5, 0.6) is 5.88 Å². The molecule has 2 N–H and O–H groups in total. The Labute approximate surface area is 150 Å². The van der Waals surface area contributed by atoms with Crippen LogP contribution in [-0.4, -0.2) is 30.8 Å². The summed E-state index contributed by atoms with van der Waals surface area (Å²) < 4.78 is 41.3. The number of hydrogen-bond donors (Lipinski definition) is 2. The van der Waals surface area contributed by atoms with E-state index < -0.39 is 12.8 Å². The fraction of sp³-hybridized carbons (Fsp3) is 0.333. The molecule has 0 spiro atoms. The summed E-state index contributed by atoms with van der Waals surface area (Å²) in [7, 11) is 1.65. The predicted octanol–water partition coefficient (Wildman–Crippen LogP) is 3.45. The van der Waals surface area contributed by atoms with Gasteiger partial charge in [-0.05, 0) is 24.1 Å². The summed E-state index contributed by atoms with van der Waals surface area (Å²) in [6.07, 6.45) is -2.99. The Kier molecular flexibility index (Phi) is 6.82. The predicted molar refractivity (Wildman–Crippen MR) is 94.0 cm³/mol. The van der Waals surface area contributed by atoms with E-state index in [2.05, 4.69) is 25.3 Å². The first-order valence-corrected chi connectivity index (χ1v) is 8.04. The van der Waals surface area contributed by atoms with E-state index in [1.165, 1.54) is 12.3 Å². The molecule has 140 valence electrons. The molecule has 0 bridgehead atoms. The van der Waals surface area contributed by atoms with E-state index in [4.69, 9.17) is 0 Å². The number of rotatable bonds is 6. The minimum Gasteiger partial charge on any atom is -0.468 e. The fourth-order valence-electron chi connectivity index (χ4n) is 2.21. The SMILES string of the molecule is CN=C(NCc1ccnc(OCC(F)(F)F)c1)NC(C)c1ccccc1. The Morgan fingerprint density at radius 3 is 2.62 bits per heavy atom. The quantitative estimate of drug-likeness (QED) is 0.607. The molecule has 0 aliphatic carbocycles. The van der Waals surface area contributed by atoms with Crippen molar-refractivity contribution in [3.8, 4) is 5.88 Å². The van der Waals surface area contributed by atoms with Gasteiger partial charge in [-0.1, -0.05) is 30.3 Å². The third-order valence-electron chi connectivity index (χ3n) is 3.52. The number of nitrogens with one attached hydrogen (secondary N) is 2. The van der Waals surface area contributed by atoms with Crippen LogP contribution in [0.4, 0.5) is 13.2 Å². The second kappa shape index (κ2) is 9.07.